The molecular weight excluding hydrogens is 330 g/mol. The number of halogens is 1. The molecule has 1 saturated heterocycles. The van der Waals surface area contributed by atoms with Crippen LogP contribution in [0.1, 0.15) is 35.7 Å². The van der Waals surface area contributed by atoms with E-state index >= 15 is 0 Å². The van der Waals surface area contributed by atoms with Gasteiger partial charge >= 0.3 is 0 Å². The molecule has 1 fully saturated rings. The van der Waals surface area contributed by atoms with Crippen molar-refractivity contribution in [3.63, 3.8) is 0 Å². The molecule has 110 valence electrons. The van der Waals surface area contributed by atoms with E-state index in [2.05, 4.69) is 51.3 Å². The summed E-state index contributed by atoms with van der Waals surface area (Å²) in [6.45, 7) is 2.92. The first-order valence-corrected chi connectivity index (χ1v) is 7.98. The minimum atomic E-state index is 0.169. The predicted molar refractivity (Wildman–Crippen MR) is 84.9 cm³/mol. The number of aromatic amines is 1. The molecule has 1 amide bonds. The SMILES string of the molecule is Cc1cc([C@H]2CCCN2C(=O)Cc2ccn[nH]2)ccc1Br. The van der Waals surface area contributed by atoms with Crippen molar-refractivity contribution in [2.75, 3.05) is 6.54 Å². The predicted octanol–water partition coefficient (Wildman–Crippen LogP) is 3.39. The fraction of sp³-hybridized carbons (Fsp3) is 0.375. The minimum absolute atomic E-state index is 0.169. The van der Waals surface area contributed by atoms with Crippen LogP contribution in [0.25, 0.3) is 0 Å². The normalized spacial score (nSPS) is 18.2. The molecule has 1 aliphatic rings. The first-order valence-electron chi connectivity index (χ1n) is 7.19. The zero-order valence-corrected chi connectivity index (χ0v) is 13.6. The van der Waals surface area contributed by atoms with E-state index in [9.17, 15) is 4.79 Å². The molecule has 21 heavy (non-hydrogen) atoms. The maximum Gasteiger partial charge on any atom is 0.229 e. The van der Waals surface area contributed by atoms with Crippen LogP contribution in [0.4, 0.5) is 0 Å². The standard InChI is InChI=1S/C16H18BrN3O/c1-11-9-12(4-5-14(11)17)15-3-2-8-20(15)16(21)10-13-6-7-18-19-13/h4-7,9,15H,2-3,8,10H2,1H3,(H,18,19)/t15-/m1/s1. The summed E-state index contributed by atoms with van der Waals surface area (Å²) in [4.78, 5) is 14.5. The van der Waals surface area contributed by atoms with Gasteiger partial charge in [0.15, 0.2) is 0 Å². The number of rotatable bonds is 3. The monoisotopic (exact) mass is 347 g/mol. The first-order chi connectivity index (χ1) is 10.1. The van der Waals surface area contributed by atoms with E-state index in [4.69, 9.17) is 0 Å². The molecule has 0 unspecified atom stereocenters. The summed E-state index contributed by atoms with van der Waals surface area (Å²) in [6, 6.07) is 8.42. The van der Waals surface area contributed by atoms with Gasteiger partial charge in [-0.25, -0.2) is 0 Å². The fourth-order valence-electron chi connectivity index (χ4n) is 2.93. The number of benzene rings is 1. The van der Waals surface area contributed by atoms with Gasteiger partial charge in [0.05, 0.1) is 12.5 Å². The van der Waals surface area contributed by atoms with Gasteiger partial charge in [-0.1, -0.05) is 28.1 Å². The molecule has 0 bridgehead atoms. The van der Waals surface area contributed by atoms with Crippen LogP contribution in [0.15, 0.2) is 34.9 Å². The number of carbonyl (C=O) groups excluding carboxylic acids is 1. The largest absolute Gasteiger partial charge is 0.335 e. The van der Waals surface area contributed by atoms with Crippen molar-refractivity contribution in [1.29, 1.82) is 0 Å². The average molecular weight is 348 g/mol. The third kappa shape index (κ3) is 3.02. The van der Waals surface area contributed by atoms with Gasteiger partial charge in [0.2, 0.25) is 5.91 Å². The Morgan fingerprint density at radius 2 is 2.33 bits per heavy atom. The first kappa shape index (κ1) is 14.3. The Balaban J connectivity index is 1.78. The van der Waals surface area contributed by atoms with Crippen LogP contribution >= 0.6 is 15.9 Å². The molecular formula is C16H18BrN3O. The summed E-state index contributed by atoms with van der Waals surface area (Å²) in [5.74, 6) is 0.169. The molecule has 0 saturated carbocycles. The lowest BCUT2D eigenvalue weighted by atomic mass is 10.0. The molecule has 1 atom stereocenters. The molecule has 2 heterocycles. The highest BCUT2D eigenvalue weighted by Crippen LogP contribution is 2.33. The second-order valence-electron chi connectivity index (χ2n) is 5.51. The minimum Gasteiger partial charge on any atom is -0.335 e. The van der Waals surface area contributed by atoms with Gasteiger partial charge in [0.25, 0.3) is 0 Å². The van der Waals surface area contributed by atoms with E-state index in [1.54, 1.807) is 6.20 Å². The third-order valence-corrected chi connectivity index (χ3v) is 4.93. The van der Waals surface area contributed by atoms with Crippen molar-refractivity contribution in [1.82, 2.24) is 15.1 Å². The Hall–Kier alpha value is -1.62. The number of hydrogen-bond donors (Lipinski definition) is 1. The zero-order valence-electron chi connectivity index (χ0n) is 12.0. The molecule has 1 N–H and O–H groups in total. The van der Waals surface area contributed by atoms with Crippen LogP contribution in [-0.2, 0) is 11.2 Å². The van der Waals surface area contributed by atoms with E-state index in [1.807, 2.05) is 11.0 Å². The van der Waals surface area contributed by atoms with Crippen molar-refractivity contribution >= 4 is 21.8 Å². The van der Waals surface area contributed by atoms with Crippen LogP contribution in [0.2, 0.25) is 0 Å². The lowest BCUT2D eigenvalue weighted by Gasteiger charge is -2.25. The van der Waals surface area contributed by atoms with E-state index in [0.717, 1.165) is 29.6 Å². The average Bonchev–Trinajstić information content (AvgIpc) is 3.12. The molecule has 1 aromatic carbocycles. The third-order valence-electron chi connectivity index (χ3n) is 4.04. The Bertz CT molecular complexity index is 639. The molecule has 2 aromatic rings. The molecule has 5 heteroatoms. The topological polar surface area (TPSA) is 49.0 Å². The highest BCUT2D eigenvalue weighted by Gasteiger charge is 2.30. The number of nitrogens with zero attached hydrogens (tertiary/aromatic N) is 2. The maximum atomic E-state index is 12.5. The fourth-order valence-corrected chi connectivity index (χ4v) is 3.18. The summed E-state index contributed by atoms with van der Waals surface area (Å²) >= 11 is 3.53. The number of amides is 1. The van der Waals surface area contributed by atoms with Crippen LogP contribution in [0, 0.1) is 6.92 Å². The summed E-state index contributed by atoms with van der Waals surface area (Å²) in [5.41, 5.74) is 3.31. The van der Waals surface area contributed by atoms with Gasteiger partial charge in [-0.05, 0) is 43.0 Å². The Morgan fingerprint density at radius 1 is 1.48 bits per heavy atom. The Morgan fingerprint density at radius 3 is 3.05 bits per heavy atom. The lowest BCUT2D eigenvalue weighted by molar-refractivity contribution is -0.131. The quantitative estimate of drug-likeness (QED) is 0.924. The van der Waals surface area contributed by atoms with Gasteiger partial charge in [0, 0.05) is 22.9 Å². The number of H-pyrrole nitrogens is 1. The zero-order chi connectivity index (χ0) is 14.8. The van der Waals surface area contributed by atoms with E-state index in [1.165, 1.54) is 11.1 Å². The highest BCUT2D eigenvalue weighted by molar-refractivity contribution is 9.10. The molecule has 0 spiro atoms. The number of carbonyl (C=O) groups is 1. The van der Waals surface area contributed by atoms with E-state index < -0.39 is 0 Å². The molecule has 1 aliphatic heterocycles. The van der Waals surface area contributed by atoms with Crippen LogP contribution in [-0.4, -0.2) is 27.5 Å². The van der Waals surface area contributed by atoms with Crippen molar-refractivity contribution in [2.45, 2.75) is 32.2 Å². The van der Waals surface area contributed by atoms with Gasteiger partial charge < -0.3 is 4.90 Å². The van der Waals surface area contributed by atoms with Crippen LogP contribution in [0.3, 0.4) is 0 Å². The van der Waals surface area contributed by atoms with Gasteiger partial charge in [0.1, 0.15) is 0 Å². The number of aryl methyl sites for hydroxylation is 1. The molecule has 3 rings (SSSR count). The van der Waals surface area contributed by atoms with Gasteiger partial charge in [-0.15, -0.1) is 0 Å². The summed E-state index contributed by atoms with van der Waals surface area (Å²) in [5, 5.41) is 6.76. The second kappa shape index (κ2) is 6.02. The highest BCUT2D eigenvalue weighted by atomic mass is 79.9. The van der Waals surface area contributed by atoms with Gasteiger partial charge in [-0.3, -0.25) is 9.89 Å². The number of hydrogen-bond acceptors (Lipinski definition) is 2. The number of aromatic nitrogens is 2. The molecule has 0 radical (unpaired) electrons. The van der Waals surface area contributed by atoms with Crippen molar-refractivity contribution in [3.05, 3.63) is 51.8 Å². The maximum absolute atomic E-state index is 12.5. The summed E-state index contributed by atoms with van der Waals surface area (Å²) in [7, 11) is 0. The van der Waals surface area contributed by atoms with Crippen molar-refractivity contribution in [2.24, 2.45) is 0 Å². The molecule has 1 aromatic heterocycles. The number of likely N-dealkylation sites (tertiary alicyclic amines) is 1. The van der Waals surface area contributed by atoms with E-state index in [-0.39, 0.29) is 11.9 Å². The smallest absolute Gasteiger partial charge is 0.229 e. The lowest BCUT2D eigenvalue weighted by Crippen LogP contribution is -2.32. The molecule has 0 aliphatic carbocycles. The van der Waals surface area contributed by atoms with Crippen molar-refractivity contribution in [3.8, 4) is 0 Å². The van der Waals surface area contributed by atoms with Crippen LogP contribution < -0.4 is 0 Å². The van der Waals surface area contributed by atoms with Crippen LogP contribution in [0.5, 0.6) is 0 Å². The van der Waals surface area contributed by atoms with Gasteiger partial charge in [-0.2, -0.15) is 5.10 Å². The molecule has 4 nitrogen and oxygen atoms in total. The van der Waals surface area contributed by atoms with Crippen molar-refractivity contribution < 1.29 is 4.79 Å². The summed E-state index contributed by atoms with van der Waals surface area (Å²) in [6.07, 6.45) is 4.18. The Kier molecular flexibility index (Phi) is 4.10. The van der Waals surface area contributed by atoms with E-state index in [0.29, 0.717) is 6.42 Å². The number of nitrogens with one attached hydrogen (secondary N) is 1. The Labute approximate surface area is 132 Å². The summed E-state index contributed by atoms with van der Waals surface area (Å²) < 4.78 is 1.11. The second-order valence-corrected chi connectivity index (χ2v) is 6.37.